The van der Waals surface area contributed by atoms with Gasteiger partial charge in [0.1, 0.15) is 0 Å². The van der Waals surface area contributed by atoms with Gasteiger partial charge in [0.2, 0.25) is 15.9 Å². The molecule has 0 radical (unpaired) electrons. The van der Waals surface area contributed by atoms with Crippen LogP contribution in [0, 0.1) is 0 Å². The van der Waals surface area contributed by atoms with E-state index >= 15 is 0 Å². The molecule has 1 aromatic rings. The molecule has 2 unspecified atom stereocenters. The molecule has 142 valence electrons. The lowest BCUT2D eigenvalue weighted by atomic mass is 9.84. The third-order valence-corrected chi connectivity index (χ3v) is 7.23. The van der Waals surface area contributed by atoms with E-state index < -0.39 is 16.0 Å². The fourth-order valence-corrected chi connectivity index (χ4v) is 6.29. The molecule has 7 nitrogen and oxygen atoms in total. The van der Waals surface area contributed by atoms with Crippen LogP contribution in [-0.2, 0) is 19.6 Å². The molecule has 2 aliphatic heterocycles. The van der Waals surface area contributed by atoms with Gasteiger partial charge in [-0.2, -0.15) is 4.31 Å². The Kier molecular flexibility index (Phi) is 5.34. The molecule has 0 aliphatic carbocycles. The standard InChI is InChI=1S/C18H24N2O5S/c1-12(21)19-13-10-14-6-5-7-15(11-13)20(14)26(23,24)17-9-4-3-8-16(17)18(22)25-2/h3-4,8-9,13-15H,5-7,10-11H2,1-2H3,(H,19,21). The van der Waals surface area contributed by atoms with Crippen molar-refractivity contribution in [3.63, 3.8) is 0 Å². The zero-order chi connectivity index (χ0) is 18.9. The highest BCUT2D eigenvalue weighted by Gasteiger charge is 2.46. The van der Waals surface area contributed by atoms with E-state index in [0.29, 0.717) is 12.8 Å². The van der Waals surface area contributed by atoms with Crippen LogP contribution in [0.2, 0.25) is 0 Å². The minimum absolute atomic E-state index is 0.00917. The Hall–Kier alpha value is -1.93. The van der Waals surface area contributed by atoms with Crippen molar-refractivity contribution in [1.29, 1.82) is 0 Å². The highest BCUT2D eigenvalue weighted by Crippen LogP contribution is 2.38. The third kappa shape index (κ3) is 3.48. The topological polar surface area (TPSA) is 92.8 Å². The van der Waals surface area contributed by atoms with Crippen LogP contribution in [0.3, 0.4) is 0 Å². The molecule has 0 aromatic heterocycles. The highest BCUT2D eigenvalue weighted by molar-refractivity contribution is 7.89. The Morgan fingerprint density at radius 2 is 1.77 bits per heavy atom. The van der Waals surface area contributed by atoms with Gasteiger partial charge in [-0.15, -0.1) is 0 Å². The fraction of sp³-hybridized carbons (Fsp3) is 0.556. The lowest BCUT2D eigenvalue weighted by Crippen LogP contribution is -2.58. The van der Waals surface area contributed by atoms with Gasteiger partial charge in [0.15, 0.2) is 0 Å². The number of rotatable bonds is 4. The van der Waals surface area contributed by atoms with Gasteiger partial charge >= 0.3 is 5.97 Å². The maximum absolute atomic E-state index is 13.4. The summed E-state index contributed by atoms with van der Waals surface area (Å²) in [4.78, 5) is 23.4. The smallest absolute Gasteiger partial charge is 0.339 e. The second-order valence-corrected chi connectivity index (χ2v) is 8.74. The van der Waals surface area contributed by atoms with Crippen molar-refractivity contribution in [1.82, 2.24) is 9.62 Å². The molecule has 0 saturated carbocycles. The summed E-state index contributed by atoms with van der Waals surface area (Å²) in [5.41, 5.74) is 0.0528. The number of hydrogen-bond donors (Lipinski definition) is 1. The highest BCUT2D eigenvalue weighted by atomic mass is 32.2. The third-order valence-electron chi connectivity index (χ3n) is 5.16. The van der Waals surface area contributed by atoms with Crippen molar-refractivity contribution in [2.24, 2.45) is 0 Å². The number of nitrogens with zero attached hydrogens (tertiary/aromatic N) is 1. The molecule has 3 rings (SSSR count). The van der Waals surface area contributed by atoms with E-state index in [0.717, 1.165) is 19.3 Å². The zero-order valence-corrected chi connectivity index (χ0v) is 15.8. The van der Waals surface area contributed by atoms with Gasteiger partial charge in [-0.3, -0.25) is 4.79 Å². The van der Waals surface area contributed by atoms with Gasteiger partial charge in [-0.05, 0) is 37.8 Å². The molecule has 26 heavy (non-hydrogen) atoms. The van der Waals surface area contributed by atoms with E-state index in [1.54, 1.807) is 16.4 Å². The number of nitrogens with one attached hydrogen (secondary N) is 1. The van der Waals surface area contributed by atoms with E-state index in [4.69, 9.17) is 4.74 Å². The Morgan fingerprint density at radius 1 is 1.15 bits per heavy atom. The maximum atomic E-state index is 13.4. The largest absolute Gasteiger partial charge is 0.465 e. The Bertz CT molecular complexity index is 794. The van der Waals surface area contributed by atoms with Gasteiger partial charge in [-0.25, -0.2) is 13.2 Å². The molecule has 1 aromatic carbocycles. The summed E-state index contributed by atoms with van der Waals surface area (Å²) >= 11 is 0. The number of sulfonamides is 1. The molecule has 2 atom stereocenters. The Morgan fingerprint density at radius 3 is 2.35 bits per heavy atom. The summed E-state index contributed by atoms with van der Waals surface area (Å²) in [6.07, 6.45) is 3.66. The number of esters is 1. The molecule has 0 spiro atoms. The number of methoxy groups -OCH3 is 1. The predicted molar refractivity (Wildman–Crippen MR) is 95.1 cm³/mol. The van der Waals surface area contributed by atoms with Crippen molar-refractivity contribution >= 4 is 21.9 Å². The molecular formula is C18H24N2O5S. The van der Waals surface area contributed by atoms with E-state index in [2.05, 4.69) is 5.32 Å². The second kappa shape index (κ2) is 7.36. The number of fused-ring (bicyclic) bond motifs is 2. The number of piperidine rings is 2. The summed E-state index contributed by atoms with van der Waals surface area (Å²) in [5.74, 6) is -0.761. The first kappa shape index (κ1) is 18.8. The number of hydrogen-bond acceptors (Lipinski definition) is 5. The van der Waals surface area contributed by atoms with Crippen LogP contribution in [-0.4, -0.2) is 49.8 Å². The monoisotopic (exact) mass is 380 g/mol. The lowest BCUT2D eigenvalue weighted by Gasteiger charge is -2.47. The summed E-state index contributed by atoms with van der Waals surface area (Å²) in [6.45, 7) is 1.48. The Balaban J connectivity index is 1.96. The second-order valence-electron chi connectivity index (χ2n) is 6.93. The number of carbonyl (C=O) groups is 2. The normalized spacial score (nSPS) is 26.2. The number of amides is 1. The van der Waals surface area contributed by atoms with Crippen LogP contribution in [0.5, 0.6) is 0 Å². The van der Waals surface area contributed by atoms with E-state index in [-0.39, 0.29) is 34.5 Å². The number of ether oxygens (including phenoxy) is 1. The maximum Gasteiger partial charge on any atom is 0.339 e. The van der Waals surface area contributed by atoms with Crippen LogP contribution in [0.1, 0.15) is 49.4 Å². The summed E-state index contributed by atoms with van der Waals surface area (Å²) < 4.78 is 33.1. The van der Waals surface area contributed by atoms with E-state index in [1.165, 1.54) is 26.2 Å². The predicted octanol–water partition coefficient (Wildman–Crippen LogP) is 1.68. The summed E-state index contributed by atoms with van der Waals surface area (Å²) in [6, 6.07) is 5.81. The van der Waals surface area contributed by atoms with Crippen molar-refractivity contribution < 1.29 is 22.7 Å². The molecule has 1 N–H and O–H groups in total. The van der Waals surface area contributed by atoms with Crippen molar-refractivity contribution in [3.8, 4) is 0 Å². The number of benzene rings is 1. The number of carbonyl (C=O) groups excluding carboxylic acids is 2. The molecule has 2 fully saturated rings. The zero-order valence-electron chi connectivity index (χ0n) is 15.0. The van der Waals surface area contributed by atoms with Crippen LogP contribution in [0.15, 0.2) is 29.2 Å². The van der Waals surface area contributed by atoms with E-state index in [9.17, 15) is 18.0 Å². The molecule has 2 aliphatic rings. The van der Waals surface area contributed by atoms with Gasteiger partial charge in [0.25, 0.3) is 0 Å². The minimum Gasteiger partial charge on any atom is -0.465 e. The molecule has 2 bridgehead atoms. The average molecular weight is 380 g/mol. The van der Waals surface area contributed by atoms with Crippen molar-refractivity contribution in [3.05, 3.63) is 29.8 Å². The van der Waals surface area contributed by atoms with Crippen LogP contribution < -0.4 is 5.32 Å². The van der Waals surface area contributed by atoms with Gasteiger partial charge in [-0.1, -0.05) is 18.6 Å². The van der Waals surface area contributed by atoms with Crippen LogP contribution in [0.4, 0.5) is 0 Å². The Labute approximate surface area is 153 Å². The van der Waals surface area contributed by atoms with Gasteiger partial charge < -0.3 is 10.1 Å². The molecule has 1 amide bonds. The first-order valence-corrected chi connectivity index (χ1v) is 10.3. The van der Waals surface area contributed by atoms with Crippen molar-refractivity contribution in [2.45, 2.75) is 62.0 Å². The summed E-state index contributed by atoms with van der Waals surface area (Å²) in [5, 5.41) is 2.93. The minimum atomic E-state index is -3.84. The van der Waals surface area contributed by atoms with Crippen molar-refractivity contribution in [2.75, 3.05) is 7.11 Å². The lowest BCUT2D eigenvalue weighted by molar-refractivity contribution is -0.120. The molecule has 2 saturated heterocycles. The molecule has 8 heteroatoms. The van der Waals surface area contributed by atoms with Gasteiger partial charge in [0.05, 0.1) is 17.6 Å². The first-order chi connectivity index (χ1) is 12.3. The fourth-order valence-electron chi connectivity index (χ4n) is 4.22. The van der Waals surface area contributed by atoms with Crippen LogP contribution in [0.25, 0.3) is 0 Å². The summed E-state index contributed by atoms with van der Waals surface area (Å²) in [7, 11) is -2.60. The first-order valence-electron chi connectivity index (χ1n) is 8.82. The molecule has 2 heterocycles. The SMILES string of the molecule is COC(=O)c1ccccc1S(=O)(=O)N1C2CCCC1CC(NC(C)=O)C2. The van der Waals surface area contributed by atoms with Gasteiger partial charge in [0, 0.05) is 25.0 Å². The van der Waals surface area contributed by atoms with E-state index in [1.807, 2.05) is 0 Å². The van der Waals surface area contributed by atoms with Crippen LogP contribution >= 0.6 is 0 Å². The average Bonchev–Trinajstić information content (AvgIpc) is 2.59. The molecular weight excluding hydrogens is 356 g/mol. The quantitative estimate of drug-likeness (QED) is 0.803.